The lowest BCUT2D eigenvalue weighted by Gasteiger charge is -2.32. The van der Waals surface area contributed by atoms with Gasteiger partial charge in [-0.2, -0.15) is 13.2 Å². The fraction of sp³-hybridized carbons (Fsp3) is 0.562. The average molecular weight is 309 g/mol. The number of nitrogens with one attached hydrogen (secondary N) is 1. The Morgan fingerprint density at radius 3 is 2.77 bits per heavy atom. The second-order valence-corrected chi connectivity index (χ2v) is 6.46. The molecule has 0 saturated heterocycles. The molecule has 1 fully saturated rings. The molecule has 0 aromatic carbocycles. The lowest BCUT2D eigenvalue weighted by atomic mass is 9.91. The van der Waals surface area contributed by atoms with E-state index in [2.05, 4.69) is 10.3 Å². The van der Waals surface area contributed by atoms with E-state index in [9.17, 15) is 13.2 Å². The number of hydrogen-bond donors (Lipinski definition) is 2. The van der Waals surface area contributed by atoms with Gasteiger partial charge in [-0.15, -0.1) is 0 Å². The number of rotatable bonds is 1. The van der Waals surface area contributed by atoms with Crippen LogP contribution in [0, 0.1) is 11.8 Å². The van der Waals surface area contributed by atoms with Gasteiger partial charge < -0.3 is 11.1 Å². The summed E-state index contributed by atoms with van der Waals surface area (Å²) in [6, 6.07) is 0. The Labute approximate surface area is 126 Å². The van der Waals surface area contributed by atoms with Crippen LogP contribution in [0.2, 0.25) is 0 Å². The van der Waals surface area contributed by atoms with Gasteiger partial charge in [-0.1, -0.05) is 12.2 Å². The van der Waals surface area contributed by atoms with Gasteiger partial charge in [0.15, 0.2) is 0 Å². The molecular formula is C16H18F3N3. The maximum absolute atomic E-state index is 13.4. The highest BCUT2D eigenvalue weighted by molar-refractivity contribution is 5.98. The summed E-state index contributed by atoms with van der Waals surface area (Å²) >= 11 is 0. The van der Waals surface area contributed by atoms with Crippen LogP contribution >= 0.6 is 0 Å². The fourth-order valence-corrected chi connectivity index (χ4v) is 3.81. The standard InChI is InChI=1S/C16H18F3N3/c17-16(18,19)13-10(6-5-8-7-11(8)13)15-21-12-4-2-1-3-9(12)14(20)22-15/h5-6,8,11,15,21H,1-4,7H2,(H2,20,22). The molecule has 4 aliphatic rings. The smallest absolute Gasteiger partial charge is 0.384 e. The van der Waals surface area contributed by atoms with E-state index in [1.54, 1.807) is 6.08 Å². The van der Waals surface area contributed by atoms with E-state index in [-0.39, 0.29) is 17.4 Å². The molecule has 0 aromatic rings. The normalized spacial score (nSPS) is 34.0. The summed E-state index contributed by atoms with van der Waals surface area (Å²) in [5.74, 6) is 0.0634. The third kappa shape index (κ3) is 2.16. The minimum atomic E-state index is -4.30. The molecule has 3 aliphatic carbocycles. The molecule has 0 spiro atoms. The summed E-state index contributed by atoms with van der Waals surface area (Å²) in [5, 5.41) is 3.20. The second kappa shape index (κ2) is 4.64. The third-order valence-electron chi connectivity index (χ3n) is 5.00. The molecule has 3 atom stereocenters. The van der Waals surface area contributed by atoms with Crippen LogP contribution in [0.5, 0.6) is 0 Å². The SMILES string of the molecule is NC1=NC(C2=C(C(F)(F)F)C3CC3C=C2)NC2=C1CCCC2. The molecule has 0 aromatic heterocycles. The highest BCUT2D eigenvalue weighted by Gasteiger charge is 2.52. The Morgan fingerprint density at radius 1 is 1.23 bits per heavy atom. The van der Waals surface area contributed by atoms with E-state index in [1.165, 1.54) is 0 Å². The van der Waals surface area contributed by atoms with Gasteiger partial charge in [0.25, 0.3) is 0 Å². The van der Waals surface area contributed by atoms with E-state index in [4.69, 9.17) is 5.73 Å². The second-order valence-electron chi connectivity index (χ2n) is 6.46. The first kappa shape index (κ1) is 13.9. The van der Waals surface area contributed by atoms with Crippen LogP contribution in [0.25, 0.3) is 0 Å². The first-order chi connectivity index (χ1) is 10.4. The zero-order valence-corrected chi connectivity index (χ0v) is 12.1. The molecular weight excluding hydrogens is 291 g/mol. The predicted molar refractivity (Wildman–Crippen MR) is 77.9 cm³/mol. The zero-order chi connectivity index (χ0) is 15.5. The van der Waals surface area contributed by atoms with Gasteiger partial charge in [0.2, 0.25) is 0 Å². The van der Waals surface area contributed by atoms with E-state index in [1.807, 2.05) is 6.08 Å². The lowest BCUT2D eigenvalue weighted by Crippen LogP contribution is -2.40. The van der Waals surface area contributed by atoms with E-state index in [0.717, 1.165) is 37.0 Å². The van der Waals surface area contributed by atoms with Crippen molar-refractivity contribution in [3.05, 3.63) is 34.6 Å². The minimum absolute atomic E-state index is 0.0507. The first-order valence-electron chi connectivity index (χ1n) is 7.77. The van der Waals surface area contributed by atoms with Crippen LogP contribution in [0.15, 0.2) is 39.6 Å². The summed E-state index contributed by atoms with van der Waals surface area (Å²) in [5.41, 5.74) is 7.81. The molecule has 3 unspecified atom stereocenters. The molecule has 22 heavy (non-hydrogen) atoms. The van der Waals surface area contributed by atoms with Crippen LogP contribution < -0.4 is 11.1 Å². The monoisotopic (exact) mass is 309 g/mol. The Morgan fingerprint density at radius 2 is 2.00 bits per heavy atom. The Bertz CT molecular complexity index is 640. The number of aliphatic imine (C=N–C) groups is 1. The van der Waals surface area contributed by atoms with Crippen LogP contribution in [0.3, 0.4) is 0 Å². The topological polar surface area (TPSA) is 50.4 Å². The van der Waals surface area contributed by atoms with Crippen LogP contribution in [-0.4, -0.2) is 18.2 Å². The molecule has 0 radical (unpaired) electrons. The Kier molecular flexibility index (Phi) is 2.93. The molecule has 0 bridgehead atoms. The van der Waals surface area contributed by atoms with Crippen molar-refractivity contribution in [2.24, 2.45) is 22.6 Å². The highest BCUT2D eigenvalue weighted by Crippen LogP contribution is 2.54. The van der Waals surface area contributed by atoms with Crippen molar-refractivity contribution >= 4 is 5.84 Å². The van der Waals surface area contributed by atoms with Crippen molar-refractivity contribution in [1.82, 2.24) is 5.32 Å². The summed E-state index contributed by atoms with van der Waals surface area (Å²) in [7, 11) is 0. The van der Waals surface area contributed by atoms with Crippen LogP contribution in [0.1, 0.15) is 32.1 Å². The largest absolute Gasteiger partial charge is 0.413 e. The fourth-order valence-electron chi connectivity index (χ4n) is 3.81. The predicted octanol–water partition coefficient (Wildman–Crippen LogP) is 3.17. The van der Waals surface area contributed by atoms with Crippen molar-refractivity contribution in [2.75, 3.05) is 0 Å². The Hall–Kier alpha value is -1.72. The Balaban J connectivity index is 1.73. The van der Waals surface area contributed by atoms with Gasteiger partial charge in [-0.05, 0) is 43.9 Å². The molecule has 118 valence electrons. The average Bonchev–Trinajstić information content (AvgIpc) is 3.24. The van der Waals surface area contributed by atoms with Gasteiger partial charge in [0.05, 0.1) is 0 Å². The molecule has 3 N–H and O–H groups in total. The summed E-state index contributed by atoms with van der Waals surface area (Å²) in [6.07, 6.45) is 2.86. The minimum Gasteiger partial charge on any atom is -0.384 e. The number of nitrogens with zero attached hydrogens (tertiary/aromatic N) is 1. The van der Waals surface area contributed by atoms with Gasteiger partial charge >= 0.3 is 6.18 Å². The summed E-state index contributed by atoms with van der Waals surface area (Å²) in [6.45, 7) is 0. The maximum Gasteiger partial charge on any atom is 0.413 e. The number of allylic oxidation sites excluding steroid dienone is 3. The number of nitrogens with two attached hydrogens (primary N) is 1. The highest BCUT2D eigenvalue weighted by atomic mass is 19.4. The van der Waals surface area contributed by atoms with Crippen LogP contribution in [0.4, 0.5) is 13.2 Å². The maximum atomic E-state index is 13.4. The number of hydrogen-bond acceptors (Lipinski definition) is 3. The lowest BCUT2D eigenvalue weighted by molar-refractivity contribution is -0.0969. The van der Waals surface area contributed by atoms with Gasteiger partial charge in [0, 0.05) is 22.4 Å². The van der Waals surface area contributed by atoms with E-state index in [0.29, 0.717) is 12.3 Å². The number of halogens is 3. The molecule has 1 aliphatic heterocycles. The number of amidine groups is 1. The molecule has 0 amide bonds. The number of fused-ring (bicyclic) bond motifs is 1. The van der Waals surface area contributed by atoms with Gasteiger partial charge in [-0.25, -0.2) is 4.99 Å². The van der Waals surface area contributed by atoms with Crippen molar-refractivity contribution in [3.8, 4) is 0 Å². The quantitative estimate of drug-likeness (QED) is 0.781. The number of alkyl halides is 3. The van der Waals surface area contributed by atoms with E-state index < -0.39 is 17.9 Å². The third-order valence-corrected chi connectivity index (χ3v) is 5.00. The van der Waals surface area contributed by atoms with Crippen molar-refractivity contribution in [3.63, 3.8) is 0 Å². The molecule has 1 heterocycles. The molecule has 6 heteroatoms. The van der Waals surface area contributed by atoms with Gasteiger partial charge in [0.1, 0.15) is 12.0 Å². The van der Waals surface area contributed by atoms with Crippen LogP contribution in [-0.2, 0) is 0 Å². The van der Waals surface area contributed by atoms with Gasteiger partial charge in [-0.3, -0.25) is 0 Å². The first-order valence-corrected chi connectivity index (χ1v) is 7.77. The van der Waals surface area contributed by atoms with Crippen molar-refractivity contribution in [1.29, 1.82) is 0 Å². The molecule has 4 rings (SSSR count). The summed E-state index contributed by atoms with van der Waals surface area (Å²) in [4.78, 5) is 4.32. The van der Waals surface area contributed by atoms with Crippen molar-refractivity contribution < 1.29 is 13.2 Å². The van der Waals surface area contributed by atoms with E-state index >= 15 is 0 Å². The summed E-state index contributed by atoms with van der Waals surface area (Å²) < 4.78 is 40.3. The zero-order valence-electron chi connectivity index (χ0n) is 12.1. The molecule has 1 saturated carbocycles. The van der Waals surface area contributed by atoms with Crippen molar-refractivity contribution in [2.45, 2.75) is 44.4 Å². The molecule has 3 nitrogen and oxygen atoms in total.